The number of imidazole rings is 1. The van der Waals surface area contributed by atoms with Gasteiger partial charge in [-0.15, -0.1) is 0 Å². The molecule has 3 aliphatic rings. The number of hydrogen-bond donors (Lipinski definition) is 2. The molecule has 20 heavy (non-hydrogen) atoms. The molecule has 2 N–H and O–H groups in total. The number of hydrogen-bond acceptors (Lipinski definition) is 4. The SMILES string of the molecule is c1nc2c([nH]1)CNC(CN1CCOC3CCCCC31)C2. The van der Waals surface area contributed by atoms with Crippen molar-refractivity contribution >= 4 is 0 Å². The van der Waals surface area contributed by atoms with Gasteiger partial charge in [0.15, 0.2) is 0 Å². The molecule has 1 aliphatic carbocycles. The molecule has 2 fully saturated rings. The number of morpholine rings is 1. The normalized spacial score (nSPS) is 34.5. The summed E-state index contributed by atoms with van der Waals surface area (Å²) in [5.41, 5.74) is 2.51. The highest BCUT2D eigenvalue weighted by Gasteiger charge is 2.35. The monoisotopic (exact) mass is 276 g/mol. The summed E-state index contributed by atoms with van der Waals surface area (Å²) in [6.45, 7) is 4.06. The van der Waals surface area contributed by atoms with Gasteiger partial charge in [0, 0.05) is 38.1 Å². The lowest BCUT2D eigenvalue weighted by Crippen LogP contribution is -2.56. The Morgan fingerprint density at radius 2 is 2.30 bits per heavy atom. The van der Waals surface area contributed by atoms with E-state index in [1.165, 1.54) is 37.1 Å². The zero-order valence-electron chi connectivity index (χ0n) is 12.0. The second-order valence-corrected chi connectivity index (χ2v) is 6.37. The maximum Gasteiger partial charge on any atom is 0.0925 e. The molecule has 5 nitrogen and oxygen atoms in total. The highest BCUT2D eigenvalue weighted by molar-refractivity contribution is 5.16. The molecule has 3 unspecified atom stereocenters. The van der Waals surface area contributed by atoms with E-state index in [4.69, 9.17) is 4.74 Å². The summed E-state index contributed by atoms with van der Waals surface area (Å²) in [4.78, 5) is 10.3. The van der Waals surface area contributed by atoms with Crippen molar-refractivity contribution in [3.63, 3.8) is 0 Å². The predicted octanol–water partition coefficient (Wildman–Crippen LogP) is 1.07. The summed E-state index contributed by atoms with van der Waals surface area (Å²) >= 11 is 0. The van der Waals surface area contributed by atoms with Crippen LogP contribution in [0.2, 0.25) is 0 Å². The molecule has 1 aromatic rings. The first-order valence-electron chi connectivity index (χ1n) is 8.00. The van der Waals surface area contributed by atoms with E-state index < -0.39 is 0 Å². The van der Waals surface area contributed by atoms with Gasteiger partial charge >= 0.3 is 0 Å². The lowest BCUT2D eigenvalue weighted by Gasteiger charge is -2.45. The third kappa shape index (κ3) is 2.38. The zero-order valence-corrected chi connectivity index (χ0v) is 12.0. The number of H-pyrrole nitrogens is 1. The van der Waals surface area contributed by atoms with Crippen LogP contribution in [-0.2, 0) is 17.7 Å². The smallest absolute Gasteiger partial charge is 0.0925 e. The Morgan fingerprint density at radius 3 is 3.30 bits per heavy atom. The quantitative estimate of drug-likeness (QED) is 0.848. The van der Waals surface area contributed by atoms with Gasteiger partial charge in [-0.3, -0.25) is 4.90 Å². The van der Waals surface area contributed by atoms with Crippen LogP contribution >= 0.6 is 0 Å². The average Bonchev–Trinajstić information content (AvgIpc) is 2.95. The van der Waals surface area contributed by atoms with E-state index in [1.807, 2.05) is 6.33 Å². The lowest BCUT2D eigenvalue weighted by atomic mass is 9.89. The predicted molar refractivity (Wildman–Crippen MR) is 76.5 cm³/mol. The van der Waals surface area contributed by atoms with Gasteiger partial charge in [-0.1, -0.05) is 12.8 Å². The third-order valence-electron chi connectivity index (χ3n) is 5.12. The molecule has 4 rings (SSSR count). The Kier molecular flexibility index (Phi) is 3.50. The van der Waals surface area contributed by atoms with Crippen molar-refractivity contribution in [1.29, 1.82) is 0 Å². The van der Waals surface area contributed by atoms with Crippen molar-refractivity contribution in [3.8, 4) is 0 Å². The molecule has 0 spiro atoms. The molecule has 3 atom stereocenters. The highest BCUT2D eigenvalue weighted by atomic mass is 16.5. The molecular weight excluding hydrogens is 252 g/mol. The summed E-state index contributed by atoms with van der Waals surface area (Å²) in [5, 5.41) is 3.65. The fraction of sp³-hybridized carbons (Fsp3) is 0.800. The first kappa shape index (κ1) is 12.8. The largest absolute Gasteiger partial charge is 0.375 e. The maximum atomic E-state index is 5.97. The number of nitrogens with zero attached hydrogens (tertiary/aromatic N) is 2. The van der Waals surface area contributed by atoms with E-state index in [9.17, 15) is 0 Å². The first-order chi connectivity index (χ1) is 9.90. The Bertz CT molecular complexity index is 458. The zero-order chi connectivity index (χ0) is 13.4. The molecule has 0 aromatic carbocycles. The summed E-state index contributed by atoms with van der Waals surface area (Å²) in [5.74, 6) is 0. The van der Waals surface area contributed by atoms with Crippen LogP contribution in [0.15, 0.2) is 6.33 Å². The van der Waals surface area contributed by atoms with Gasteiger partial charge in [0.2, 0.25) is 0 Å². The number of nitrogens with one attached hydrogen (secondary N) is 2. The Morgan fingerprint density at radius 1 is 1.35 bits per heavy atom. The van der Waals surface area contributed by atoms with Crippen LogP contribution < -0.4 is 5.32 Å². The first-order valence-corrected chi connectivity index (χ1v) is 8.00. The van der Waals surface area contributed by atoms with Crippen molar-refractivity contribution in [2.75, 3.05) is 19.7 Å². The molecule has 0 amide bonds. The molecule has 0 radical (unpaired) electrons. The molecule has 5 heteroatoms. The number of aromatic amines is 1. The van der Waals surface area contributed by atoms with Crippen molar-refractivity contribution in [1.82, 2.24) is 20.2 Å². The van der Waals surface area contributed by atoms with E-state index >= 15 is 0 Å². The molecular formula is C15H24N4O. The minimum absolute atomic E-state index is 0.488. The van der Waals surface area contributed by atoms with Crippen LogP contribution in [0.4, 0.5) is 0 Å². The van der Waals surface area contributed by atoms with E-state index in [1.54, 1.807) is 0 Å². The summed E-state index contributed by atoms with van der Waals surface area (Å²) < 4.78 is 5.97. The molecule has 110 valence electrons. The molecule has 1 aromatic heterocycles. The molecule has 2 aliphatic heterocycles. The van der Waals surface area contributed by atoms with Crippen LogP contribution in [0, 0.1) is 0 Å². The highest BCUT2D eigenvalue weighted by Crippen LogP contribution is 2.28. The minimum atomic E-state index is 0.488. The third-order valence-corrected chi connectivity index (χ3v) is 5.12. The second kappa shape index (κ2) is 5.47. The number of aromatic nitrogens is 2. The number of fused-ring (bicyclic) bond motifs is 2. The Labute approximate surface area is 120 Å². The average molecular weight is 276 g/mol. The topological polar surface area (TPSA) is 53.2 Å². The van der Waals surface area contributed by atoms with Gasteiger partial charge in [-0.25, -0.2) is 4.98 Å². The van der Waals surface area contributed by atoms with E-state index in [-0.39, 0.29) is 0 Å². The fourth-order valence-electron chi connectivity index (χ4n) is 4.05. The second-order valence-electron chi connectivity index (χ2n) is 6.37. The van der Waals surface area contributed by atoms with Crippen LogP contribution in [0.1, 0.15) is 37.1 Å². The minimum Gasteiger partial charge on any atom is -0.375 e. The van der Waals surface area contributed by atoms with E-state index in [0.717, 1.165) is 32.7 Å². The van der Waals surface area contributed by atoms with Crippen LogP contribution in [-0.4, -0.2) is 52.8 Å². The van der Waals surface area contributed by atoms with Crippen molar-refractivity contribution < 1.29 is 4.74 Å². The van der Waals surface area contributed by atoms with Crippen LogP contribution in [0.3, 0.4) is 0 Å². The number of ether oxygens (including phenoxy) is 1. The standard InChI is InChI=1S/C15H24N4O/c1-2-4-15-14(3-1)19(5-6-20-15)9-11-7-12-13(8-16-11)18-10-17-12/h10-11,14-16H,1-9H2,(H,17,18). The van der Waals surface area contributed by atoms with Gasteiger partial charge in [-0.2, -0.15) is 0 Å². The van der Waals surface area contributed by atoms with Crippen LogP contribution in [0.25, 0.3) is 0 Å². The van der Waals surface area contributed by atoms with E-state index in [0.29, 0.717) is 18.2 Å². The number of rotatable bonds is 2. The van der Waals surface area contributed by atoms with Crippen LogP contribution in [0.5, 0.6) is 0 Å². The molecule has 0 bridgehead atoms. The Hall–Kier alpha value is -0.910. The summed E-state index contributed by atoms with van der Waals surface area (Å²) in [7, 11) is 0. The summed E-state index contributed by atoms with van der Waals surface area (Å²) in [6, 6.07) is 1.19. The fourth-order valence-corrected chi connectivity index (χ4v) is 4.05. The summed E-state index contributed by atoms with van der Waals surface area (Å²) in [6.07, 6.45) is 8.62. The lowest BCUT2D eigenvalue weighted by molar-refractivity contribution is -0.0903. The van der Waals surface area contributed by atoms with E-state index in [2.05, 4.69) is 20.2 Å². The molecule has 3 heterocycles. The van der Waals surface area contributed by atoms with Gasteiger partial charge in [0.05, 0.1) is 30.4 Å². The van der Waals surface area contributed by atoms with Gasteiger partial charge in [-0.05, 0) is 12.8 Å². The Balaban J connectivity index is 1.41. The van der Waals surface area contributed by atoms with Gasteiger partial charge < -0.3 is 15.0 Å². The molecule has 1 saturated heterocycles. The maximum absolute atomic E-state index is 5.97. The van der Waals surface area contributed by atoms with Crippen molar-refractivity contribution in [3.05, 3.63) is 17.7 Å². The van der Waals surface area contributed by atoms with Gasteiger partial charge in [0.25, 0.3) is 0 Å². The van der Waals surface area contributed by atoms with Gasteiger partial charge in [0.1, 0.15) is 0 Å². The van der Waals surface area contributed by atoms with Crippen molar-refractivity contribution in [2.24, 2.45) is 0 Å². The molecule has 1 saturated carbocycles. The van der Waals surface area contributed by atoms with Crippen molar-refractivity contribution in [2.45, 2.75) is 56.8 Å².